The number of hydrogen-bond acceptors (Lipinski definition) is 6. The first-order valence-electron chi connectivity index (χ1n) is 10.4. The summed E-state index contributed by atoms with van der Waals surface area (Å²) in [5, 5.41) is 14.6. The minimum Gasteiger partial charge on any atom is -0.395 e. The van der Waals surface area contributed by atoms with Crippen LogP contribution in [0.1, 0.15) is 47.2 Å². The number of aliphatic hydroxyl groups is 1. The van der Waals surface area contributed by atoms with Crippen molar-refractivity contribution in [3.05, 3.63) is 34.9 Å². The molecule has 3 aliphatic rings. The lowest BCUT2D eigenvalue weighted by molar-refractivity contribution is -0.136. The van der Waals surface area contributed by atoms with Crippen molar-refractivity contribution in [1.82, 2.24) is 20.4 Å². The van der Waals surface area contributed by atoms with Crippen LogP contribution in [0.3, 0.4) is 0 Å². The summed E-state index contributed by atoms with van der Waals surface area (Å²) >= 11 is 0. The van der Waals surface area contributed by atoms with Crippen LogP contribution < -0.4 is 10.6 Å². The molecule has 1 aromatic rings. The van der Waals surface area contributed by atoms with Crippen molar-refractivity contribution in [3.8, 4) is 0 Å². The smallest absolute Gasteiger partial charge is 0.255 e. The van der Waals surface area contributed by atoms with E-state index in [1.165, 1.54) is 5.56 Å². The second-order valence-electron chi connectivity index (χ2n) is 8.12. The number of likely N-dealkylation sites (tertiary alicyclic amines) is 1. The number of carbonyl (C=O) groups is 3. The molecule has 0 aliphatic carbocycles. The van der Waals surface area contributed by atoms with Gasteiger partial charge in [0.15, 0.2) is 0 Å². The quantitative estimate of drug-likeness (QED) is 0.581. The number of nitrogens with zero attached hydrogens (tertiary/aromatic N) is 2. The van der Waals surface area contributed by atoms with Gasteiger partial charge in [-0.3, -0.25) is 24.6 Å². The monoisotopic (exact) mass is 400 g/mol. The second kappa shape index (κ2) is 8.61. The van der Waals surface area contributed by atoms with Crippen molar-refractivity contribution in [2.24, 2.45) is 0 Å². The summed E-state index contributed by atoms with van der Waals surface area (Å²) in [4.78, 5) is 40.3. The van der Waals surface area contributed by atoms with Gasteiger partial charge in [0, 0.05) is 37.7 Å². The molecule has 4 rings (SSSR count). The topological polar surface area (TPSA) is 102 Å². The van der Waals surface area contributed by atoms with E-state index >= 15 is 0 Å². The molecule has 1 atom stereocenters. The molecule has 3 amide bonds. The number of aliphatic hydroxyl groups excluding tert-OH is 1. The fourth-order valence-corrected chi connectivity index (χ4v) is 4.55. The van der Waals surface area contributed by atoms with Gasteiger partial charge in [-0.05, 0) is 49.5 Å². The highest BCUT2D eigenvalue weighted by Gasteiger charge is 2.39. The van der Waals surface area contributed by atoms with Crippen molar-refractivity contribution in [1.29, 1.82) is 0 Å². The lowest BCUT2D eigenvalue weighted by atomic mass is 10.0. The van der Waals surface area contributed by atoms with Gasteiger partial charge in [0.25, 0.3) is 5.91 Å². The van der Waals surface area contributed by atoms with E-state index < -0.39 is 6.04 Å². The van der Waals surface area contributed by atoms with Gasteiger partial charge in [-0.1, -0.05) is 12.1 Å². The zero-order valence-corrected chi connectivity index (χ0v) is 16.5. The number of hydrogen-bond donors (Lipinski definition) is 3. The molecule has 3 aliphatic heterocycles. The first kappa shape index (κ1) is 20.0. The van der Waals surface area contributed by atoms with E-state index in [0.717, 1.165) is 38.0 Å². The van der Waals surface area contributed by atoms with E-state index in [1.54, 1.807) is 4.90 Å². The standard InChI is InChI=1S/C21H28N4O4/c26-10-7-22-16-5-8-24(9-6-16)12-14-1-2-17-15(11-14)13-25(21(17)29)18-3-4-19(27)23-20(18)28/h1-2,11,16,18,22,26H,3-10,12-13H2,(H,23,27,28). The van der Waals surface area contributed by atoms with Crippen LogP contribution in [0.25, 0.3) is 0 Å². The van der Waals surface area contributed by atoms with Gasteiger partial charge < -0.3 is 15.3 Å². The van der Waals surface area contributed by atoms with Crippen LogP contribution in [0, 0.1) is 0 Å². The van der Waals surface area contributed by atoms with Gasteiger partial charge in [-0.25, -0.2) is 0 Å². The molecule has 8 heteroatoms. The van der Waals surface area contributed by atoms with Crippen LogP contribution in [0.2, 0.25) is 0 Å². The fraction of sp³-hybridized carbons (Fsp3) is 0.571. The maximum Gasteiger partial charge on any atom is 0.255 e. The van der Waals surface area contributed by atoms with Crippen LogP contribution in [0.5, 0.6) is 0 Å². The highest BCUT2D eigenvalue weighted by molar-refractivity contribution is 6.05. The van der Waals surface area contributed by atoms with Crippen molar-refractivity contribution >= 4 is 17.7 Å². The Labute approximate surface area is 170 Å². The number of imide groups is 1. The lowest BCUT2D eigenvalue weighted by Gasteiger charge is -2.32. The maximum atomic E-state index is 12.8. The van der Waals surface area contributed by atoms with Crippen molar-refractivity contribution < 1.29 is 19.5 Å². The Morgan fingerprint density at radius 2 is 1.93 bits per heavy atom. The highest BCUT2D eigenvalue weighted by atomic mass is 16.3. The molecule has 2 saturated heterocycles. The number of carbonyl (C=O) groups excluding carboxylic acids is 3. The molecule has 0 radical (unpaired) electrons. The number of fused-ring (bicyclic) bond motifs is 1. The Morgan fingerprint density at radius 1 is 1.14 bits per heavy atom. The molecule has 1 aromatic carbocycles. The Bertz CT molecular complexity index is 804. The van der Waals surface area contributed by atoms with Gasteiger partial charge in [0.2, 0.25) is 11.8 Å². The van der Waals surface area contributed by atoms with E-state index in [4.69, 9.17) is 5.11 Å². The summed E-state index contributed by atoms with van der Waals surface area (Å²) in [7, 11) is 0. The van der Waals surface area contributed by atoms with E-state index in [9.17, 15) is 14.4 Å². The van der Waals surface area contributed by atoms with E-state index in [-0.39, 0.29) is 30.7 Å². The summed E-state index contributed by atoms with van der Waals surface area (Å²) in [5.41, 5.74) is 2.78. The number of rotatable bonds is 6. The average molecular weight is 400 g/mol. The average Bonchev–Trinajstić information content (AvgIpc) is 3.03. The van der Waals surface area contributed by atoms with Gasteiger partial charge in [0.1, 0.15) is 6.04 Å². The van der Waals surface area contributed by atoms with Crippen LogP contribution >= 0.6 is 0 Å². The van der Waals surface area contributed by atoms with E-state index in [2.05, 4.69) is 21.6 Å². The molecular weight excluding hydrogens is 372 g/mol. The Hall–Kier alpha value is -2.29. The van der Waals surface area contributed by atoms with Gasteiger partial charge in [0.05, 0.1) is 6.61 Å². The van der Waals surface area contributed by atoms with E-state index in [0.29, 0.717) is 31.1 Å². The van der Waals surface area contributed by atoms with Crippen molar-refractivity contribution in [2.75, 3.05) is 26.2 Å². The third-order valence-electron chi connectivity index (χ3n) is 6.13. The second-order valence-corrected chi connectivity index (χ2v) is 8.12. The van der Waals surface area contributed by atoms with Crippen LogP contribution in [0.4, 0.5) is 0 Å². The summed E-state index contributed by atoms with van der Waals surface area (Å²) in [6.07, 6.45) is 2.78. The lowest BCUT2D eigenvalue weighted by Crippen LogP contribution is -2.52. The Balaban J connectivity index is 1.37. The Kier molecular flexibility index (Phi) is 5.94. The van der Waals surface area contributed by atoms with Crippen LogP contribution in [-0.2, 0) is 22.7 Å². The summed E-state index contributed by atoms with van der Waals surface area (Å²) in [6.45, 7) is 4.08. The third-order valence-corrected chi connectivity index (χ3v) is 6.13. The third kappa shape index (κ3) is 4.34. The molecule has 0 saturated carbocycles. The maximum absolute atomic E-state index is 12.8. The molecule has 29 heavy (non-hydrogen) atoms. The Morgan fingerprint density at radius 3 is 2.66 bits per heavy atom. The van der Waals surface area contributed by atoms with Crippen LogP contribution in [0.15, 0.2) is 18.2 Å². The minimum absolute atomic E-state index is 0.128. The molecule has 3 heterocycles. The number of benzene rings is 1. The number of amides is 3. The van der Waals surface area contributed by atoms with Crippen molar-refractivity contribution in [3.63, 3.8) is 0 Å². The normalized spacial score (nSPS) is 23.4. The molecule has 0 bridgehead atoms. The highest BCUT2D eigenvalue weighted by Crippen LogP contribution is 2.28. The zero-order valence-electron chi connectivity index (χ0n) is 16.5. The molecular formula is C21H28N4O4. The number of piperidine rings is 2. The number of nitrogens with one attached hydrogen (secondary N) is 2. The summed E-state index contributed by atoms with van der Waals surface area (Å²) in [6, 6.07) is 5.85. The molecule has 8 nitrogen and oxygen atoms in total. The van der Waals surface area contributed by atoms with Crippen LogP contribution in [-0.4, -0.2) is 71.0 Å². The molecule has 1 unspecified atom stereocenters. The SMILES string of the molecule is O=C1CCC(N2Cc3cc(CN4CCC(NCCO)CC4)ccc3C2=O)C(=O)N1. The van der Waals surface area contributed by atoms with E-state index in [1.807, 2.05) is 12.1 Å². The fourth-order valence-electron chi connectivity index (χ4n) is 4.55. The zero-order chi connectivity index (χ0) is 20.4. The van der Waals surface area contributed by atoms with Gasteiger partial charge >= 0.3 is 0 Å². The largest absolute Gasteiger partial charge is 0.395 e. The first-order valence-corrected chi connectivity index (χ1v) is 10.4. The molecule has 0 aromatic heterocycles. The molecule has 0 spiro atoms. The summed E-state index contributed by atoms with van der Waals surface area (Å²) < 4.78 is 0. The molecule has 3 N–H and O–H groups in total. The predicted molar refractivity (Wildman–Crippen MR) is 106 cm³/mol. The predicted octanol–water partition coefficient (Wildman–Crippen LogP) is -0.00610. The minimum atomic E-state index is -0.568. The van der Waals surface area contributed by atoms with Gasteiger partial charge in [-0.2, -0.15) is 0 Å². The first-order chi connectivity index (χ1) is 14.0. The molecule has 156 valence electrons. The van der Waals surface area contributed by atoms with Crippen molar-refractivity contribution in [2.45, 2.75) is 50.9 Å². The molecule has 2 fully saturated rings. The summed E-state index contributed by atoms with van der Waals surface area (Å²) in [5.74, 6) is -0.773. The van der Waals surface area contributed by atoms with Gasteiger partial charge in [-0.15, -0.1) is 0 Å².